The van der Waals surface area contributed by atoms with Crippen LogP contribution in [0.15, 0.2) is 42.0 Å². The molecule has 0 spiro atoms. The molecule has 1 aliphatic rings. The Bertz CT molecular complexity index is 815. The van der Waals surface area contributed by atoms with E-state index in [4.69, 9.17) is 21.1 Å². The highest BCUT2D eigenvalue weighted by atomic mass is 35.5. The zero-order valence-corrected chi connectivity index (χ0v) is 13.3. The van der Waals surface area contributed by atoms with Gasteiger partial charge in [0.15, 0.2) is 11.6 Å². The summed E-state index contributed by atoms with van der Waals surface area (Å²) >= 11 is 6.13. The molecule has 23 heavy (non-hydrogen) atoms. The topological polar surface area (TPSA) is 52.6 Å². The first-order chi connectivity index (χ1) is 11.1. The SMILES string of the molecule is COc1cc(OC)c(C=C2C(=O)c3ccccc3C2=O)cc1Cl. The molecule has 0 amide bonds. The van der Waals surface area contributed by atoms with Crippen molar-refractivity contribution in [2.24, 2.45) is 0 Å². The molecule has 0 unspecified atom stereocenters. The number of fused-ring (bicyclic) bond motifs is 1. The highest BCUT2D eigenvalue weighted by Crippen LogP contribution is 2.35. The summed E-state index contributed by atoms with van der Waals surface area (Å²) in [6.07, 6.45) is 1.51. The van der Waals surface area contributed by atoms with Gasteiger partial charge in [-0.2, -0.15) is 0 Å². The number of allylic oxidation sites excluding steroid dienone is 1. The molecule has 2 aromatic rings. The van der Waals surface area contributed by atoms with Gasteiger partial charge in [0.1, 0.15) is 11.5 Å². The van der Waals surface area contributed by atoms with Crippen molar-refractivity contribution in [1.82, 2.24) is 0 Å². The zero-order chi connectivity index (χ0) is 16.6. The molecule has 0 N–H and O–H groups in total. The molecule has 0 fully saturated rings. The predicted molar refractivity (Wildman–Crippen MR) is 87.6 cm³/mol. The van der Waals surface area contributed by atoms with Gasteiger partial charge in [-0.05, 0) is 12.1 Å². The predicted octanol–water partition coefficient (Wildman–Crippen LogP) is 3.82. The van der Waals surface area contributed by atoms with E-state index in [1.165, 1.54) is 20.3 Å². The maximum atomic E-state index is 12.4. The number of carbonyl (C=O) groups excluding carboxylic acids is 2. The largest absolute Gasteiger partial charge is 0.496 e. The van der Waals surface area contributed by atoms with E-state index >= 15 is 0 Å². The maximum Gasteiger partial charge on any atom is 0.197 e. The van der Waals surface area contributed by atoms with E-state index in [0.717, 1.165) is 0 Å². The van der Waals surface area contributed by atoms with Crippen LogP contribution in [-0.2, 0) is 0 Å². The third-order valence-electron chi connectivity index (χ3n) is 3.71. The van der Waals surface area contributed by atoms with Gasteiger partial charge in [-0.25, -0.2) is 0 Å². The average Bonchev–Trinajstić information content (AvgIpc) is 2.80. The Morgan fingerprint density at radius 1 is 0.913 bits per heavy atom. The van der Waals surface area contributed by atoms with E-state index in [9.17, 15) is 9.59 Å². The summed E-state index contributed by atoms with van der Waals surface area (Å²) in [4.78, 5) is 24.9. The number of hydrogen-bond donors (Lipinski definition) is 0. The zero-order valence-electron chi connectivity index (χ0n) is 12.6. The van der Waals surface area contributed by atoms with Gasteiger partial charge in [-0.3, -0.25) is 9.59 Å². The fraction of sp³-hybridized carbons (Fsp3) is 0.111. The van der Waals surface area contributed by atoms with Crippen LogP contribution in [0.2, 0.25) is 5.02 Å². The molecular weight excluding hydrogens is 316 g/mol. The van der Waals surface area contributed by atoms with Crippen molar-refractivity contribution in [3.63, 3.8) is 0 Å². The Balaban J connectivity index is 2.12. The average molecular weight is 329 g/mol. The Hall–Kier alpha value is -2.59. The number of benzene rings is 2. The van der Waals surface area contributed by atoms with E-state index < -0.39 is 0 Å². The minimum atomic E-state index is -0.292. The second-order valence-corrected chi connectivity index (χ2v) is 5.40. The highest BCUT2D eigenvalue weighted by Gasteiger charge is 2.32. The van der Waals surface area contributed by atoms with Crippen LogP contribution in [0.5, 0.6) is 11.5 Å². The molecule has 0 aliphatic heterocycles. The van der Waals surface area contributed by atoms with Gasteiger partial charge >= 0.3 is 0 Å². The number of halogens is 1. The molecule has 0 atom stereocenters. The van der Waals surface area contributed by atoms with Crippen LogP contribution in [0.1, 0.15) is 26.3 Å². The van der Waals surface area contributed by atoms with E-state index in [0.29, 0.717) is 33.2 Å². The van der Waals surface area contributed by atoms with Crippen LogP contribution in [-0.4, -0.2) is 25.8 Å². The summed E-state index contributed by atoms with van der Waals surface area (Å²) < 4.78 is 10.4. The molecule has 0 saturated carbocycles. The van der Waals surface area contributed by atoms with Crippen molar-refractivity contribution in [3.8, 4) is 11.5 Å². The number of Topliss-reactive ketones (excluding diaryl/α,β-unsaturated/α-hetero) is 2. The summed E-state index contributed by atoms with van der Waals surface area (Å²) in [7, 11) is 3.00. The standard InChI is InChI=1S/C18H13ClO4/c1-22-15-9-16(23-2)14(19)8-10(15)7-13-17(20)11-5-3-4-6-12(11)18(13)21/h3-9H,1-2H3. The van der Waals surface area contributed by atoms with Crippen molar-refractivity contribution in [1.29, 1.82) is 0 Å². The molecule has 0 saturated heterocycles. The maximum absolute atomic E-state index is 12.4. The third kappa shape index (κ3) is 2.51. The van der Waals surface area contributed by atoms with E-state index in [1.54, 1.807) is 36.4 Å². The van der Waals surface area contributed by atoms with Gasteiger partial charge < -0.3 is 9.47 Å². The minimum absolute atomic E-state index is 0.103. The second kappa shape index (κ2) is 5.89. The van der Waals surface area contributed by atoms with Gasteiger partial charge in [-0.1, -0.05) is 35.9 Å². The van der Waals surface area contributed by atoms with Gasteiger partial charge in [-0.15, -0.1) is 0 Å². The van der Waals surface area contributed by atoms with Crippen molar-refractivity contribution in [3.05, 3.63) is 63.7 Å². The van der Waals surface area contributed by atoms with Gasteiger partial charge in [0.2, 0.25) is 0 Å². The van der Waals surface area contributed by atoms with Crippen LogP contribution < -0.4 is 9.47 Å². The van der Waals surface area contributed by atoms with Crippen molar-refractivity contribution >= 4 is 29.2 Å². The van der Waals surface area contributed by atoms with Crippen LogP contribution in [0.25, 0.3) is 6.08 Å². The number of hydrogen-bond acceptors (Lipinski definition) is 4. The lowest BCUT2D eigenvalue weighted by Crippen LogP contribution is -2.01. The molecule has 2 aromatic carbocycles. The quantitative estimate of drug-likeness (QED) is 0.635. The van der Waals surface area contributed by atoms with Crippen molar-refractivity contribution < 1.29 is 19.1 Å². The van der Waals surface area contributed by atoms with E-state index in [-0.39, 0.29) is 17.1 Å². The van der Waals surface area contributed by atoms with E-state index in [1.807, 2.05) is 0 Å². The lowest BCUT2D eigenvalue weighted by molar-refractivity contribution is 0.0990. The first-order valence-electron chi connectivity index (χ1n) is 6.88. The van der Waals surface area contributed by atoms with Crippen molar-refractivity contribution in [2.75, 3.05) is 14.2 Å². The second-order valence-electron chi connectivity index (χ2n) is 4.99. The van der Waals surface area contributed by atoms with Gasteiger partial charge in [0.25, 0.3) is 0 Å². The number of rotatable bonds is 3. The van der Waals surface area contributed by atoms with Crippen LogP contribution >= 0.6 is 11.6 Å². The molecule has 116 valence electrons. The van der Waals surface area contributed by atoms with Crippen LogP contribution in [0.3, 0.4) is 0 Å². The molecule has 0 aromatic heterocycles. The lowest BCUT2D eigenvalue weighted by Gasteiger charge is -2.10. The Labute approximate surface area is 138 Å². The smallest absolute Gasteiger partial charge is 0.197 e. The van der Waals surface area contributed by atoms with Crippen molar-refractivity contribution in [2.45, 2.75) is 0 Å². The normalized spacial score (nSPS) is 13.1. The molecular formula is C18H13ClO4. The number of ketones is 2. The summed E-state index contributed by atoms with van der Waals surface area (Å²) in [5.41, 5.74) is 1.48. The van der Waals surface area contributed by atoms with E-state index in [2.05, 4.69) is 0 Å². The molecule has 0 radical (unpaired) electrons. The molecule has 5 heteroatoms. The van der Waals surface area contributed by atoms with Crippen LogP contribution in [0, 0.1) is 0 Å². The monoisotopic (exact) mass is 328 g/mol. The highest BCUT2D eigenvalue weighted by molar-refractivity contribution is 6.41. The number of methoxy groups -OCH3 is 2. The molecule has 1 aliphatic carbocycles. The number of carbonyl (C=O) groups is 2. The lowest BCUT2D eigenvalue weighted by atomic mass is 10.1. The molecule has 0 heterocycles. The summed E-state index contributed by atoms with van der Waals surface area (Å²) in [6.45, 7) is 0. The Morgan fingerprint density at radius 3 is 2.00 bits per heavy atom. The molecule has 4 nitrogen and oxygen atoms in total. The minimum Gasteiger partial charge on any atom is -0.496 e. The summed E-state index contributed by atoms with van der Waals surface area (Å²) in [5, 5.41) is 0.371. The molecule has 0 bridgehead atoms. The summed E-state index contributed by atoms with van der Waals surface area (Å²) in [5.74, 6) is 0.340. The molecule has 3 rings (SSSR count). The fourth-order valence-corrected chi connectivity index (χ4v) is 2.80. The Morgan fingerprint density at radius 2 is 1.48 bits per heavy atom. The summed E-state index contributed by atoms with van der Waals surface area (Å²) in [6, 6.07) is 9.99. The fourth-order valence-electron chi connectivity index (χ4n) is 2.56. The van der Waals surface area contributed by atoms with Crippen LogP contribution in [0.4, 0.5) is 0 Å². The Kier molecular flexibility index (Phi) is 3.92. The number of ether oxygens (including phenoxy) is 2. The first kappa shape index (κ1) is 15.3. The van der Waals surface area contributed by atoms with Gasteiger partial charge in [0, 0.05) is 22.8 Å². The van der Waals surface area contributed by atoms with Gasteiger partial charge in [0.05, 0.1) is 24.8 Å². The third-order valence-corrected chi connectivity index (χ3v) is 4.00. The first-order valence-corrected chi connectivity index (χ1v) is 7.26.